The van der Waals surface area contributed by atoms with Crippen LogP contribution in [0.3, 0.4) is 0 Å². The van der Waals surface area contributed by atoms with E-state index in [-0.39, 0.29) is 11.8 Å². The van der Waals surface area contributed by atoms with Crippen molar-refractivity contribution < 1.29 is 9.53 Å². The molecule has 0 bridgehead atoms. The number of benzene rings is 2. The number of carbonyl (C=O) groups is 1. The summed E-state index contributed by atoms with van der Waals surface area (Å²) >= 11 is 5.98. The molecule has 1 aliphatic heterocycles. The molecule has 1 aliphatic rings. The van der Waals surface area contributed by atoms with Crippen LogP contribution in [0, 0.1) is 5.92 Å². The molecule has 2 aromatic carbocycles. The predicted molar refractivity (Wildman–Crippen MR) is 91.8 cm³/mol. The highest BCUT2D eigenvalue weighted by molar-refractivity contribution is 6.30. The van der Waals surface area contributed by atoms with Crippen molar-refractivity contribution in [2.75, 3.05) is 18.4 Å². The van der Waals surface area contributed by atoms with E-state index in [2.05, 4.69) is 10.6 Å². The van der Waals surface area contributed by atoms with Crippen molar-refractivity contribution in [1.82, 2.24) is 5.32 Å². The molecule has 0 unspecified atom stereocenters. The molecule has 0 saturated carbocycles. The van der Waals surface area contributed by atoms with E-state index in [1.807, 2.05) is 48.5 Å². The Kier molecular flexibility index (Phi) is 5.16. The highest BCUT2D eigenvalue weighted by atomic mass is 35.5. The molecule has 0 aromatic heterocycles. The zero-order valence-corrected chi connectivity index (χ0v) is 13.5. The summed E-state index contributed by atoms with van der Waals surface area (Å²) in [4.78, 5) is 12.3. The van der Waals surface area contributed by atoms with Gasteiger partial charge in [0.05, 0.1) is 11.6 Å². The summed E-state index contributed by atoms with van der Waals surface area (Å²) in [5, 5.41) is 6.85. The van der Waals surface area contributed by atoms with E-state index in [1.165, 1.54) is 0 Å². The van der Waals surface area contributed by atoms with E-state index in [1.54, 1.807) is 0 Å². The summed E-state index contributed by atoms with van der Waals surface area (Å²) in [6.07, 6.45) is 0.872. The molecule has 4 nitrogen and oxygen atoms in total. The highest BCUT2D eigenvalue weighted by Crippen LogP contribution is 2.26. The van der Waals surface area contributed by atoms with Gasteiger partial charge >= 0.3 is 0 Å². The number of carbonyl (C=O) groups excluding carboxylic acids is 1. The van der Waals surface area contributed by atoms with Crippen LogP contribution in [0.1, 0.15) is 12.0 Å². The maximum Gasteiger partial charge on any atom is 0.228 e. The Labute approximate surface area is 140 Å². The van der Waals surface area contributed by atoms with Gasteiger partial charge in [0.15, 0.2) is 0 Å². The molecule has 23 heavy (non-hydrogen) atoms. The zero-order valence-electron chi connectivity index (χ0n) is 12.7. The zero-order chi connectivity index (χ0) is 16.1. The largest absolute Gasteiger partial charge is 0.487 e. The number of halogens is 1. The molecule has 3 rings (SSSR count). The van der Waals surface area contributed by atoms with Crippen LogP contribution in [-0.2, 0) is 11.4 Å². The van der Waals surface area contributed by atoms with Gasteiger partial charge in [0.2, 0.25) is 5.91 Å². The van der Waals surface area contributed by atoms with E-state index >= 15 is 0 Å². The van der Waals surface area contributed by atoms with Crippen LogP contribution in [0.5, 0.6) is 5.75 Å². The molecule has 1 fully saturated rings. The van der Waals surface area contributed by atoms with Gasteiger partial charge in [-0.3, -0.25) is 4.79 Å². The third-order valence-corrected chi connectivity index (χ3v) is 4.09. The second kappa shape index (κ2) is 7.49. The molecular weight excluding hydrogens is 312 g/mol. The molecule has 5 heteroatoms. The maximum atomic E-state index is 12.3. The normalized spacial score (nSPS) is 17.0. The minimum absolute atomic E-state index is 0.0241. The first-order valence-corrected chi connectivity index (χ1v) is 8.08. The van der Waals surface area contributed by atoms with E-state index in [9.17, 15) is 4.79 Å². The van der Waals surface area contributed by atoms with Crippen LogP contribution in [0.2, 0.25) is 5.02 Å². The Morgan fingerprint density at radius 2 is 2.13 bits per heavy atom. The van der Waals surface area contributed by atoms with E-state index in [0.29, 0.717) is 23.1 Å². The molecular formula is C18H19ClN2O2. The highest BCUT2D eigenvalue weighted by Gasteiger charge is 2.23. The minimum atomic E-state index is 0.0241. The lowest BCUT2D eigenvalue weighted by atomic mass is 10.1. The summed E-state index contributed by atoms with van der Waals surface area (Å²) in [6.45, 7) is 2.03. The van der Waals surface area contributed by atoms with Gasteiger partial charge in [0.25, 0.3) is 0 Å². The van der Waals surface area contributed by atoms with Crippen LogP contribution in [0.25, 0.3) is 0 Å². The number of anilines is 1. The Morgan fingerprint density at radius 1 is 1.26 bits per heavy atom. The van der Waals surface area contributed by atoms with Crippen molar-refractivity contribution in [2.24, 2.45) is 5.92 Å². The smallest absolute Gasteiger partial charge is 0.228 e. The Bertz CT molecular complexity index is 684. The maximum absolute atomic E-state index is 12.3. The van der Waals surface area contributed by atoms with Gasteiger partial charge in [-0.1, -0.05) is 35.9 Å². The third kappa shape index (κ3) is 4.24. The van der Waals surface area contributed by atoms with Gasteiger partial charge in [-0.15, -0.1) is 0 Å². The Hall–Kier alpha value is -2.04. The van der Waals surface area contributed by atoms with Crippen molar-refractivity contribution in [2.45, 2.75) is 13.0 Å². The average molecular weight is 331 g/mol. The molecule has 1 saturated heterocycles. The van der Waals surface area contributed by atoms with Crippen LogP contribution in [0.15, 0.2) is 48.5 Å². The van der Waals surface area contributed by atoms with Gasteiger partial charge in [-0.25, -0.2) is 0 Å². The topological polar surface area (TPSA) is 50.4 Å². The average Bonchev–Trinajstić information content (AvgIpc) is 3.09. The molecule has 0 spiro atoms. The third-order valence-electron chi connectivity index (χ3n) is 3.86. The molecule has 120 valence electrons. The monoisotopic (exact) mass is 330 g/mol. The number of amides is 1. The van der Waals surface area contributed by atoms with Crippen molar-refractivity contribution in [1.29, 1.82) is 0 Å². The summed E-state index contributed by atoms with van der Waals surface area (Å²) < 4.78 is 5.85. The molecule has 2 aromatic rings. The Morgan fingerprint density at radius 3 is 2.91 bits per heavy atom. The molecule has 2 N–H and O–H groups in total. The van der Waals surface area contributed by atoms with E-state index in [4.69, 9.17) is 16.3 Å². The first-order chi connectivity index (χ1) is 11.2. The first kappa shape index (κ1) is 15.8. The number of para-hydroxylation sites is 2. The standard InChI is InChI=1S/C18H19ClN2O2/c19-15-5-3-4-13(10-15)12-23-17-7-2-1-6-16(17)21-18(22)14-8-9-20-11-14/h1-7,10,14,20H,8-9,11-12H2,(H,21,22)/t14-/m1/s1. The molecule has 1 atom stereocenters. The number of rotatable bonds is 5. The fourth-order valence-corrected chi connectivity index (χ4v) is 2.81. The van der Waals surface area contributed by atoms with Crippen LogP contribution in [-0.4, -0.2) is 19.0 Å². The van der Waals surface area contributed by atoms with Gasteiger partial charge in [0, 0.05) is 11.6 Å². The Balaban J connectivity index is 1.66. The fourth-order valence-electron chi connectivity index (χ4n) is 2.60. The summed E-state index contributed by atoms with van der Waals surface area (Å²) in [5.41, 5.74) is 1.69. The summed E-state index contributed by atoms with van der Waals surface area (Å²) in [7, 11) is 0. The van der Waals surface area contributed by atoms with Crippen LogP contribution < -0.4 is 15.4 Å². The van der Waals surface area contributed by atoms with Crippen LogP contribution >= 0.6 is 11.6 Å². The number of hydrogen-bond donors (Lipinski definition) is 2. The summed E-state index contributed by atoms with van der Waals surface area (Å²) in [5.74, 6) is 0.719. The fraction of sp³-hybridized carbons (Fsp3) is 0.278. The lowest BCUT2D eigenvalue weighted by Crippen LogP contribution is -2.24. The molecule has 1 heterocycles. The predicted octanol–water partition coefficient (Wildman–Crippen LogP) is 3.47. The molecule has 1 amide bonds. The lowest BCUT2D eigenvalue weighted by molar-refractivity contribution is -0.119. The summed E-state index contributed by atoms with van der Waals surface area (Å²) in [6, 6.07) is 15.0. The van der Waals surface area contributed by atoms with Crippen molar-refractivity contribution in [3.63, 3.8) is 0 Å². The van der Waals surface area contributed by atoms with Gasteiger partial charge < -0.3 is 15.4 Å². The van der Waals surface area contributed by atoms with E-state index < -0.39 is 0 Å². The minimum Gasteiger partial charge on any atom is -0.487 e. The second-order valence-electron chi connectivity index (χ2n) is 5.59. The molecule has 0 radical (unpaired) electrons. The van der Waals surface area contributed by atoms with Crippen LogP contribution in [0.4, 0.5) is 5.69 Å². The van der Waals surface area contributed by atoms with Crippen molar-refractivity contribution in [3.05, 3.63) is 59.1 Å². The van der Waals surface area contributed by atoms with E-state index in [0.717, 1.165) is 25.1 Å². The first-order valence-electron chi connectivity index (χ1n) is 7.70. The van der Waals surface area contributed by atoms with Gasteiger partial charge in [0.1, 0.15) is 12.4 Å². The SMILES string of the molecule is O=C(Nc1ccccc1OCc1cccc(Cl)c1)[C@@H]1CCNC1. The number of nitrogens with one attached hydrogen (secondary N) is 2. The second-order valence-corrected chi connectivity index (χ2v) is 6.03. The van der Waals surface area contributed by atoms with Gasteiger partial charge in [-0.2, -0.15) is 0 Å². The number of ether oxygens (including phenoxy) is 1. The van der Waals surface area contributed by atoms with Gasteiger partial charge in [-0.05, 0) is 42.8 Å². The number of hydrogen-bond acceptors (Lipinski definition) is 3. The lowest BCUT2D eigenvalue weighted by Gasteiger charge is -2.14. The van der Waals surface area contributed by atoms with Crippen molar-refractivity contribution >= 4 is 23.2 Å². The molecule has 0 aliphatic carbocycles. The van der Waals surface area contributed by atoms with Crippen molar-refractivity contribution in [3.8, 4) is 5.75 Å². The quantitative estimate of drug-likeness (QED) is 0.882.